The van der Waals surface area contributed by atoms with Crippen LogP contribution in [0.1, 0.15) is 31.2 Å². The zero-order chi connectivity index (χ0) is 13.2. The highest BCUT2D eigenvalue weighted by Gasteiger charge is 2.38. The molecule has 0 radical (unpaired) electrons. The van der Waals surface area contributed by atoms with Crippen LogP contribution in [0.3, 0.4) is 0 Å². The summed E-state index contributed by atoms with van der Waals surface area (Å²) >= 11 is 0. The Morgan fingerprint density at radius 3 is 2.84 bits per heavy atom. The first kappa shape index (κ1) is 12.7. The second-order valence-electron chi connectivity index (χ2n) is 5.97. The molecule has 2 aliphatic rings. The van der Waals surface area contributed by atoms with Crippen LogP contribution in [0.15, 0.2) is 30.3 Å². The summed E-state index contributed by atoms with van der Waals surface area (Å²) in [6.07, 6.45) is 2.31. The summed E-state index contributed by atoms with van der Waals surface area (Å²) < 4.78 is 0. The van der Waals surface area contributed by atoms with Gasteiger partial charge < -0.3 is 10.2 Å². The van der Waals surface area contributed by atoms with E-state index in [-0.39, 0.29) is 5.91 Å². The number of amides is 1. The topological polar surface area (TPSA) is 32.3 Å². The third kappa shape index (κ3) is 2.98. The fourth-order valence-electron chi connectivity index (χ4n) is 2.98. The number of carbonyl (C=O) groups excluding carboxylic acids is 1. The Balaban J connectivity index is 1.43. The summed E-state index contributed by atoms with van der Waals surface area (Å²) in [4.78, 5) is 14.0. The van der Waals surface area contributed by atoms with Crippen molar-refractivity contribution in [2.45, 2.75) is 31.7 Å². The molecule has 1 amide bonds. The van der Waals surface area contributed by atoms with Crippen LogP contribution in [0.25, 0.3) is 0 Å². The number of benzene rings is 1. The molecule has 2 fully saturated rings. The van der Waals surface area contributed by atoms with Gasteiger partial charge in [-0.25, -0.2) is 0 Å². The predicted octanol–water partition coefficient (Wildman–Crippen LogP) is 2.00. The van der Waals surface area contributed by atoms with E-state index in [0.717, 1.165) is 25.9 Å². The number of nitrogens with zero attached hydrogens (tertiary/aromatic N) is 1. The number of hydrogen-bond donors (Lipinski definition) is 1. The number of likely N-dealkylation sites (tertiary alicyclic amines) is 1. The number of nitrogens with one attached hydrogen (secondary N) is 1. The molecule has 3 nitrogen and oxygen atoms in total. The Morgan fingerprint density at radius 2 is 2.16 bits per heavy atom. The molecule has 1 saturated carbocycles. The van der Waals surface area contributed by atoms with Crippen molar-refractivity contribution in [3.8, 4) is 0 Å². The highest BCUT2D eigenvalue weighted by atomic mass is 16.2. The number of rotatable bonds is 4. The summed E-state index contributed by atoms with van der Waals surface area (Å²) in [5.74, 6) is 1.54. The molecule has 1 aromatic rings. The van der Waals surface area contributed by atoms with E-state index in [9.17, 15) is 4.79 Å². The molecular formula is C16H22N2O. The lowest BCUT2D eigenvalue weighted by atomic mass is 10.1. The highest BCUT2D eigenvalue weighted by molar-refractivity contribution is 5.78. The molecule has 1 N–H and O–H groups in total. The van der Waals surface area contributed by atoms with Crippen LogP contribution in [0.4, 0.5) is 0 Å². The first-order chi connectivity index (χ1) is 9.24. The van der Waals surface area contributed by atoms with Gasteiger partial charge in [0.2, 0.25) is 5.91 Å². The molecule has 0 aromatic heterocycles. The second-order valence-corrected chi connectivity index (χ2v) is 5.97. The molecule has 1 aliphatic carbocycles. The standard InChI is InChI=1S/C16H22N2O/c1-12-7-8-18(11-12)16(19)10-17-15-9-14(15)13-5-3-2-4-6-13/h2-6,12,14-15,17H,7-11H2,1H3/t12-,14?,15-/m0/s1. The molecule has 1 unspecified atom stereocenters. The maximum Gasteiger partial charge on any atom is 0.236 e. The first-order valence-electron chi connectivity index (χ1n) is 7.30. The van der Waals surface area contributed by atoms with Gasteiger partial charge in [-0.05, 0) is 24.3 Å². The van der Waals surface area contributed by atoms with Crippen molar-refractivity contribution < 1.29 is 4.79 Å². The van der Waals surface area contributed by atoms with Crippen molar-refractivity contribution in [1.82, 2.24) is 10.2 Å². The largest absolute Gasteiger partial charge is 0.341 e. The molecule has 1 aliphatic heterocycles. The Bertz CT molecular complexity index is 445. The van der Waals surface area contributed by atoms with Crippen molar-refractivity contribution in [3.63, 3.8) is 0 Å². The van der Waals surface area contributed by atoms with Gasteiger partial charge in [-0.1, -0.05) is 37.3 Å². The summed E-state index contributed by atoms with van der Waals surface area (Å²) in [7, 11) is 0. The quantitative estimate of drug-likeness (QED) is 0.896. The van der Waals surface area contributed by atoms with Crippen LogP contribution in [0.5, 0.6) is 0 Å². The van der Waals surface area contributed by atoms with Gasteiger partial charge in [0.25, 0.3) is 0 Å². The highest BCUT2D eigenvalue weighted by Crippen LogP contribution is 2.40. The van der Waals surface area contributed by atoms with Crippen LogP contribution >= 0.6 is 0 Å². The van der Waals surface area contributed by atoms with Crippen molar-refractivity contribution >= 4 is 5.91 Å². The number of carbonyl (C=O) groups is 1. The first-order valence-corrected chi connectivity index (χ1v) is 7.30. The van der Waals surface area contributed by atoms with Gasteiger partial charge in [-0.15, -0.1) is 0 Å². The Labute approximate surface area is 115 Å². The zero-order valence-corrected chi connectivity index (χ0v) is 11.5. The van der Waals surface area contributed by atoms with E-state index >= 15 is 0 Å². The molecule has 3 rings (SSSR count). The summed E-state index contributed by atoms with van der Waals surface area (Å²) in [5.41, 5.74) is 1.39. The van der Waals surface area contributed by atoms with E-state index in [1.54, 1.807) is 0 Å². The molecule has 0 spiro atoms. The van der Waals surface area contributed by atoms with Gasteiger partial charge in [0.05, 0.1) is 6.54 Å². The Kier molecular flexibility index (Phi) is 3.56. The molecular weight excluding hydrogens is 236 g/mol. The maximum atomic E-state index is 12.0. The van der Waals surface area contributed by atoms with E-state index in [0.29, 0.717) is 24.4 Å². The van der Waals surface area contributed by atoms with Crippen LogP contribution < -0.4 is 5.32 Å². The molecule has 1 heterocycles. The van der Waals surface area contributed by atoms with Gasteiger partial charge >= 0.3 is 0 Å². The van der Waals surface area contributed by atoms with Crippen LogP contribution in [0.2, 0.25) is 0 Å². The Hall–Kier alpha value is -1.35. The average molecular weight is 258 g/mol. The van der Waals surface area contributed by atoms with E-state index in [4.69, 9.17) is 0 Å². The molecule has 102 valence electrons. The van der Waals surface area contributed by atoms with Crippen LogP contribution in [0, 0.1) is 5.92 Å². The third-order valence-corrected chi connectivity index (χ3v) is 4.31. The molecule has 1 aromatic carbocycles. The van der Waals surface area contributed by atoms with Crippen molar-refractivity contribution in [2.75, 3.05) is 19.6 Å². The fourth-order valence-corrected chi connectivity index (χ4v) is 2.98. The second kappa shape index (κ2) is 5.33. The average Bonchev–Trinajstić information content (AvgIpc) is 3.09. The SMILES string of the molecule is C[C@H]1CCN(C(=O)CN[C@H]2CC2c2ccccc2)C1. The van der Waals surface area contributed by atoms with Gasteiger partial charge in [0, 0.05) is 25.0 Å². The summed E-state index contributed by atoms with van der Waals surface area (Å²) in [6.45, 7) is 4.59. The van der Waals surface area contributed by atoms with Crippen molar-refractivity contribution in [3.05, 3.63) is 35.9 Å². The van der Waals surface area contributed by atoms with E-state index in [2.05, 4.69) is 36.5 Å². The summed E-state index contributed by atoms with van der Waals surface area (Å²) in [6, 6.07) is 11.1. The number of hydrogen-bond acceptors (Lipinski definition) is 2. The normalized spacial score (nSPS) is 29.5. The van der Waals surface area contributed by atoms with Gasteiger partial charge in [0.1, 0.15) is 0 Å². The monoisotopic (exact) mass is 258 g/mol. The Morgan fingerprint density at radius 1 is 1.37 bits per heavy atom. The van der Waals surface area contributed by atoms with Gasteiger partial charge in [-0.2, -0.15) is 0 Å². The van der Waals surface area contributed by atoms with Crippen molar-refractivity contribution in [2.24, 2.45) is 5.92 Å². The molecule has 3 heteroatoms. The van der Waals surface area contributed by atoms with Crippen LogP contribution in [-0.2, 0) is 4.79 Å². The van der Waals surface area contributed by atoms with Crippen LogP contribution in [-0.4, -0.2) is 36.5 Å². The minimum absolute atomic E-state index is 0.267. The molecule has 0 bridgehead atoms. The molecule has 19 heavy (non-hydrogen) atoms. The van der Waals surface area contributed by atoms with E-state index < -0.39 is 0 Å². The van der Waals surface area contributed by atoms with E-state index in [1.807, 2.05) is 11.0 Å². The minimum Gasteiger partial charge on any atom is -0.341 e. The van der Waals surface area contributed by atoms with Crippen molar-refractivity contribution in [1.29, 1.82) is 0 Å². The zero-order valence-electron chi connectivity index (χ0n) is 11.5. The molecule has 1 saturated heterocycles. The lowest BCUT2D eigenvalue weighted by Gasteiger charge is -2.16. The molecule has 3 atom stereocenters. The predicted molar refractivity (Wildman–Crippen MR) is 76.0 cm³/mol. The third-order valence-electron chi connectivity index (χ3n) is 4.31. The fraction of sp³-hybridized carbons (Fsp3) is 0.562. The van der Waals surface area contributed by atoms with Gasteiger partial charge in [0.15, 0.2) is 0 Å². The van der Waals surface area contributed by atoms with E-state index in [1.165, 1.54) is 5.56 Å². The lowest BCUT2D eigenvalue weighted by molar-refractivity contribution is -0.129. The van der Waals surface area contributed by atoms with Gasteiger partial charge in [-0.3, -0.25) is 4.79 Å². The maximum absolute atomic E-state index is 12.0. The summed E-state index contributed by atoms with van der Waals surface area (Å²) in [5, 5.41) is 3.41. The smallest absolute Gasteiger partial charge is 0.236 e. The lowest BCUT2D eigenvalue weighted by Crippen LogP contribution is -2.37. The minimum atomic E-state index is 0.267.